The molecule has 2 N–H and O–H groups in total. The van der Waals surface area contributed by atoms with E-state index in [4.69, 9.17) is 15.5 Å². The first-order valence-corrected chi connectivity index (χ1v) is 8.36. The third kappa shape index (κ3) is 3.16. The van der Waals surface area contributed by atoms with Crippen LogP contribution in [0.1, 0.15) is 11.4 Å². The van der Waals surface area contributed by atoms with Crippen molar-refractivity contribution in [2.45, 2.75) is 12.0 Å². The molecule has 1 aliphatic rings. The van der Waals surface area contributed by atoms with Crippen molar-refractivity contribution >= 4 is 11.3 Å². The third-order valence-corrected chi connectivity index (χ3v) is 5.02. The highest BCUT2D eigenvalue weighted by Gasteiger charge is 2.29. The summed E-state index contributed by atoms with van der Waals surface area (Å²) in [6, 6.07) is 7.92. The Kier molecular flexibility index (Phi) is 4.24. The van der Waals surface area contributed by atoms with Crippen LogP contribution in [-0.4, -0.2) is 31.1 Å². The third-order valence-electron chi connectivity index (χ3n) is 3.98. The number of nitrogens with two attached hydrogens (primary N) is 1. The number of rotatable bonds is 4. The number of ether oxygens (including phenoxy) is 1. The number of hydrogen-bond acceptors (Lipinski definition) is 5. The lowest BCUT2D eigenvalue weighted by Gasteiger charge is -2.27. The minimum atomic E-state index is -0.526. The normalized spacial score (nSPS) is 20.3. The van der Waals surface area contributed by atoms with Gasteiger partial charge in [0.15, 0.2) is 0 Å². The Morgan fingerprint density at radius 3 is 2.83 bits per heavy atom. The molecular formula is C18H21N3OS. The van der Waals surface area contributed by atoms with Gasteiger partial charge in [0.05, 0.1) is 18.3 Å². The lowest BCUT2D eigenvalue weighted by Crippen LogP contribution is -2.35. The Balaban J connectivity index is 1.86. The van der Waals surface area contributed by atoms with Crippen LogP contribution < -0.4 is 10.5 Å². The monoisotopic (exact) mass is 327 g/mol. The van der Waals surface area contributed by atoms with E-state index < -0.39 is 5.54 Å². The van der Waals surface area contributed by atoms with Crippen molar-refractivity contribution in [3.05, 3.63) is 58.6 Å². The molecule has 4 nitrogen and oxygen atoms in total. The molecule has 0 saturated heterocycles. The fraction of sp³-hybridized carbons (Fsp3) is 0.278. The first kappa shape index (κ1) is 15.8. The summed E-state index contributed by atoms with van der Waals surface area (Å²) < 4.78 is 5.28. The second-order valence-electron chi connectivity index (χ2n) is 5.87. The van der Waals surface area contributed by atoms with Crippen molar-refractivity contribution in [3.8, 4) is 17.0 Å². The Labute approximate surface area is 140 Å². The van der Waals surface area contributed by atoms with Gasteiger partial charge in [-0.25, -0.2) is 4.98 Å². The first-order valence-electron chi connectivity index (χ1n) is 7.48. The number of nitrogens with zero attached hydrogens (tertiary/aromatic N) is 2. The van der Waals surface area contributed by atoms with Gasteiger partial charge >= 0.3 is 0 Å². The maximum atomic E-state index is 6.56. The van der Waals surface area contributed by atoms with Crippen LogP contribution in [-0.2, 0) is 5.54 Å². The molecule has 120 valence electrons. The molecule has 1 unspecified atom stereocenters. The summed E-state index contributed by atoms with van der Waals surface area (Å²) >= 11 is 1.60. The zero-order valence-corrected chi connectivity index (χ0v) is 14.4. The maximum absolute atomic E-state index is 6.56. The highest BCUT2D eigenvalue weighted by Crippen LogP contribution is 2.34. The molecule has 2 aromatic rings. The molecule has 0 saturated carbocycles. The van der Waals surface area contributed by atoms with E-state index in [1.807, 2.05) is 38.4 Å². The molecule has 1 aliphatic carbocycles. The Bertz CT molecular complexity index is 763. The highest BCUT2D eigenvalue weighted by atomic mass is 32.1. The highest BCUT2D eigenvalue weighted by molar-refractivity contribution is 7.10. The summed E-state index contributed by atoms with van der Waals surface area (Å²) in [7, 11) is 5.73. The van der Waals surface area contributed by atoms with Crippen LogP contribution in [0.4, 0.5) is 0 Å². The van der Waals surface area contributed by atoms with Gasteiger partial charge in [0.1, 0.15) is 10.8 Å². The van der Waals surface area contributed by atoms with Gasteiger partial charge < -0.3 is 15.4 Å². The van der Waals surface area contributed by atoms with Gasteiger partial charge in [-0.05, 0) is 24.6 Å². The van der Waals surface area contributed by atoms with E-state index in [0.29, 0.717) is 0 Å². The summed E-state index contributed by atoms with van der Waals surface area (Å²) in [6.45, 7) is 0. The van der Waals surface area contributed by atoms with E-state index in [-0.39, 0.29) is 0 Å². The van der Waals surface area contributed by atoms with Crippen molar-refractivity contribution in [1.29, 1.82) is 0 Å². The van der Waals surface area contributed by atoms with Crippen LogP contribution in [0.3, 0.4) is 0 Å². The van der Waals surface area contributed by atoms with Crippen LogP contribution >= 0.6 is 11.3 Å². The smallest absolute Gasteiger partial charge is 0.119 e. The fourth-order valence-electron chi connectivity index (χ4n) is 2.54. The zero-order valence-electron chi connectivity index (χ0n) is 13.6. The standard InChI is InChI=1S/C18H21N3OS/c1-21(2)14-7-9-18(19,10-8-14)17-20-16(12-23-17)13-5-4-6-15(11-13)22-3/h4-9,11-12H,10,19H2,1-3H3. The van der Waals surface area contributed by atoms with Crippen LogP contribution in [0.2, 0.25) is 0 Å². The van der Waals surface area contributed by atoms with E-state index in [0.717, 1.165) is 28.4 Å². The van der Waals surface area contributed by atoms with Gasteiger partial charge in [-0.3, -0.25) is 0 Å². The van der Waals surface area contributed by atoms with Crippen LogP contribution in [0.25, 0.3) is 11.3 Å². The molecule has 0 bridgehead atoms. The fourth-order valence-corrected chi connectivity index (χ4v) is 3.47. The molecule has 0 fully saturated rings. The lowest BCUT2D eigenvalue weighted by molar-refractivity contribution is 0.415. The van der Waals surface area contributed by atoms with Crippen molar-refractivity contribution in [2.24, 2.45) is 5.73 Å². The molecule has 0 radical (unpaired) electrons. The molecule has 1 aromatic heterocycles. The molecule has 1 atom stereocenters. The molecule has 0 aliphatic heterocycles. The summed E-state index contributed by atoms with van der Waals surface area (Å²) in [5.41, 5.74) is 9.19. The van der Waals surface area contributed by atoms with Crippen LogP contribution in [0, 0.1) is 0 Å². The van der Waals surface area contributed by atoms with Crippen molar-refractivity contribution in [2.75, 3.05) is 21.2 Å². The van der Waals surface area contributed by atoms with Crippen LogP contribution in [0.5, 0.6) is 5.75 Å². The molecule has 3 rings (SSSR count). The Hall–Kier alpha value is -2.11. The number of methoxy groups -OCH3 is 1. The van der Waals surface area contributed by atoms with Gasteiger partial charge in [0.2, 0.25) is 0 Å². The van der Waals surface area contributed by atoms with E-state index >= 15 is 0 Å². The first-order chi connectivity index (χ1) is 11.0. The quantitative estimate of drug-likeness (QED) is 0.935. The van der Waals surface area contributed by atoms with E-state index in [1.54, 1.807) is 18.4 Å². The predicted molar refractivity (Wildman–Crippen MR) is 95.5 cm³/mol. The zero-order chi connectivity index (χ0) is 16.4. The molecule has 0 spiro atoms. The SMILES string of the molecule is COc1cccc(-c2csc(C3(N)C=CC(N(C)C)=CC3)n2)c1. The molecule has 1 aromatic carbocycles. The van der Waals surface area contributed by atoms with Gasteiger partial charge in [-0.2, -0.15) is 0 Å². The molecule has 0 amide bonds. The summed E-state index contributed by atoms with van der Waals surface area (Å²) in [4.78, 5) is 6.85. The topological polar surface area (TPSA) is 51.4 Å². The van der Waals surface area contributed by atoms with Gasteiger partial charge in [0.25, 0.3) is 0 Å². The second-order valence-corrected chi connectivity index (χ2v) is 6.73. The summed E-state index contributed by atoms with van der Waals surface area (Å²) in [6.07, 6.45) is 7.03. The van der Waals surface area contributed by atoms with Crippen molar-refractivity contribution in [1.82, 2.24) is 9.88 Å². The largest absolute Gasteiger partial charge is 0.497 e. The average molecular weight is 327 g/mol. The number of likely N-dealkylation sites (N-methyl/N-ethyl adjacent to an activating group) is 1. The molecule has 23 heavy (non-hydrogen) atoms. The second kappa shape index (κ2) is 6.18. The molecule has 1 heterocycles. The Morgan fingerprint density at radius 2 is 2.17 bits per heavy atom. The lowest BCUT2D eigenvalue weighted by atomic mass is 9.92. The Morgan fingerprint density at radius 1 is 1.35 bits per heavy atom. The predicted octanol–water partition coefficient (Wildman–Crippen LogP) is 3.38. The minimum absolute atomic E-state index is 0.526. The van der Waals surface area contributed by atoms with Gasteiger partial charge in [0, 0.05) is 30.7 Å². The van der Waals surface area contributed by atoms with Crippen molar-refractivity contribution in [3.63, 3.8) is 0 Å². The number of allylic oxidation sites excluding steroid dienone is 1. The molecular weight excluding hydrogens is 306 g/mol. The summed E-state index contributed by atoms with van der Waals surface area (Å²) in [5.74, 6) is 0.829. The summed E-state index contributed by atoms with van der Waals surface area (Å²) in [5, 5.41) is 2.98. The van der Waals surface area contributed by atoms with Gasteiger partial charge in [-0.15, -0.1) is 11.3 Å². The number of thiazole rings is 1. The molecule has 5 heteroatoms. The number of hydrogen-bond donors (Lipinski definition) is 1. The van der Waals surface area contributed by atoms with Gasteiger partial charge in [-0.1, -0.05) is 24.3 Å². The number of benzene rings is 1. The van der Waals surface area contributed by atoms with Crippen LogP contribution in [0.15, 0.2) is 53.6 Å². The van der Waals surface area contributed by atoms with E-state index in [1.165, 1.54) is 5.70 Å². The maximum Gasteiger partial charge on any atom is 0.119 e. The minimum Gasteiger partial charge on any atom is -0.497 e. The van der Waals surface area contributed by atoms with E-state index in [2.05, 4.69) is 28.5 Å². The van der Waals surface area contributed by atoms with E-state index in [9.17, 15) is 0 Å². The average Bonchev–Trinajstić information content (AvgIpc) is 3.06. The number of aromatic nitrogens is 1. The van der Waals surface area contributed by atoms with Crippen molar-refractivity contribution < 1.29 is 4.74 Å².